The van der Waals surface area contributed by atoms with Crippen molar-refractivity contribution in [3.8, 4) is 0 Å². The van der Waals surface area contributed by atoms with Crippen LogP contribution >= 0.6 is 37.6 Å². The van der Waals surface area contributed by atoms with Gasteiger partial charge in [-0.15, -0.1) is 0 Å². The molecule has 3 atom stereocenters. The van der Waals surface area contributed by atoms with E-state index in [-0.39, 0.29) is 29.7 Å². The summed E-state index contributed by atoms with van der Waals surface area (Å²) in [7, 11) is -24.4. The van der Waals surface area contributed by atoms with E-state index in [1.165, 1.54) is 0 Å². The van der Waals surface area contributed by atoms with E-state index >= 15 is 0 Å². The van der Waals surface area contributed by atoms with Crippen LogP contribution in [0.15, 0.2) is 0 Å². The van der Waals surface area contributed by atoms with Gasteiger partial charge >= 0.3 is 29.0 Å². The van der Waals surface area contributed by atoms with Crippen LogP contribution in [-0.4, -0.2) is 44.5 Å². The van der Waals surface area contributed by atoms with Gasteiger partial charge < -0.3 is 69.1 Å². The minimum Gasteiger partial charge on any atom is -0.418 e. The summed E-state index contributed by atoms with van der Waals surface area (Å²) in [5, 5.41) is 1.46. The highest BCUT2D eigenvalue weighted by molar-refractivity contribution is 7.62. The van der Waals surface area contributed by atoms with Crippen molar-refractivity contribution in [3.05, 3.63) is 0 Å². The third-order valence-corrected chi connectivity index (χ3v) is 6.75. The first kappa shape index (κ1) is 56.9. The molecule has 0 nitrogen and oxygen atoms in total. The second kappa shape index (κ2) is 20.7. The maximum absolute atomic E-state index is 9.75. The van der Waals surface area contributed by atoms with Crippen molar-refractivity contribution >= 4 is 66.6 Å². The maximum Gasteiger partial charge on any atom is 0.673 e. The molecule has 0 amide bonds. The van der Waals surface area contributed by atoms with E-state index in [9.17, 15) is 69.1 Å². The number of rotatable bonds is 0. The smallest absolute Gasteiger partial charge is 0.418 e. The van der Waals surface area contributed by atoms with Crippen molar-refractivity contribution in [2.75, 3.05) is 0 Å². The molecule has 3 unspecified atom stereocenters. The molecule has 36 heavy (non-hydrogen) atoms. The average Bonchev–Trinajstić information content (AvgIpc) is 2.08. The van der Waals surface area contributed by atoms with Gasteiger partial charge in [0.2, 0.25) is 0 Å². The maximum atomic E-state index is 9.75. The van der Waals surface area contributed by atoms with E-state index in [1.807, 2.05) is 0 Å². The molecule has 0 saturated heterocycles. The van der Waals surface area contributed by atoms with Crippen LogP contribution < -0.4 is 0 Å². The number of hydrogen-bond acceptors (Lipinski definition) is 0. The van der Waals surface area contributed by atoms with Crippen LogP contribution in [0.25, 0.3) is 0 Å². The van der Waals surface area contributed by atoms with E-state index in [0.717, 1.165) is 0 Å². The SMILES string of the molecule is CC(C)(C)[PH+](C(C)(C)C)C(C)(C)C.F[B-](F)(F)F.F[B-](F)(F)F.F[B-](F)(F)F.F[B-](F)(F)F.[PH4+].[PH4+].[PH4+]. The van der Waals surface area contributed by atoms with Crippen LogP contribution in [0.4, 0.5) is 69.1 Å². The molecular formula is C12H40B4F16P4. The first-order valence-corrected chi connectivity index (χ1v) is 10.2. The highest BCUT2D eigenvalue weighted by Crippen LogP contribution is 2.66. The minimum absolute atomic E-state index is 0. The lowest BCUT2D eigenvalue weighted by atomic mass is 10.2. The quantitative estimate of drug-likeness (QED) is 0.139. The molecule has 0 rings (SSSR count). The molecule has 0 fully saturated rings. The van der Waals surface area contributed by atoms with E-state index in [0.29, 0.717) is 15.5 Å². The number of halogens is 16. The Morgan fingerprint density at radius 3 is 0.361 bits per heavy atom. The van der Waals surface area contributed by atoms with Crippen molar-refractivity contribution in [3.63, 3.8) is 0 Å². The van der Waals surface area contributed by atoms with Gasteiger partial charge in [0.1, 0.15) is 0 Å². The van der Waals surface area contributed by atoms with Crippen molar-refractivity contribution in [1.29, 1.82) is 0 Å². The molecule has 0 radical (unpaired) electrons. The van der Waals surface area contributed by atoms with Crippen LogP contribution in [0.5, 0.6) is 0 Å². The minimum atomic E-state index is -6.00. The Morgan fingerprint density at radius 2 is 0.361 bits per heavy atom. The summed E-state index contributed by atoms with van der Waals surface area (Å²) in [4.78, 5) is 0. The second-order valence-corrected chi connectivity index (χ2v) is 14.4. The highest BCUT2D eigenvalue weighted by atomic mass is 31.1. The van der Waals surface area contributed by atoms with Gasteiger partial charge in [0, 0.05) is 7.92 Å². The molecule has 0 aromatic heterocycles. The predicted octanol–water partition coefficient (Wildman–Crippen LogP) is 9.17. The van der Waals surface area contributed by atoms with Gasteiger partial charge in [-0.3, -0.25) is 0 Å². The standard InChI is InChI=1S/C12H27P.4BF4.3H3P/c1-10(2,3)13(11(4,5)6)12(7,8)9;4*2-1(3,4)5;;;/h1-9H3;;;;;3*1H3/q;4*-1;;;/p+4. The molecule has 0 aliphatic heterocycles. The fraction of sp³-hybridized carbons (Fsp3) is 1.00. The molecule has 0 saturated carbocycles. The normalized spacial score (nSPS) is 12.2. The van der Waals surface area contributed by atoms with Crippen LogP contribution in [0.1, 0.15) is 62.3 Å². The second-order valence-electron chi connectivity index (χ2n) is 9.10. The lowest BCUT2D eigenvalue weighted by Gasteiger charge is -2.42. The third-order valence-electron chi connectivity index (χ3n) is 2.25. The predicted molar refractivity (Wildman–Crippen MR) is 146 cm³/mol. The van der Waals surface area contributed by atoms with Gasteiger partial charge in [-0.25, -0.2) is 0 Å². The molecule has 0 bridgehead atoms. The topological polar surface area (TPSA) is 0 Å². The molecule has 0 N–H and O–H groups in total. The first-order valence-electron chi connectivity index (χ1n) is 8.74. The monoisotopic (exact) mass is 656 g/mol. The summed E-state index contributed by atoms with van der Waals surface area (Å²) in [5.74, 6) is 0. The third kappa shape index (κ3) is 112. The van der Waals surface area contributed by atoms with Crippen molar-refractivity contribution < 1.29 is 69.1 Å². The summed E-state index contributed by atoms with van der Waals surface area (Å²) in [5.41, 5.74) is 0. The van der Waals surface area contributed by atoms with Gasteiger partial charge in [-0.1, -0.05) is 0 Å². The molecule has 0 aromatic rings. The lowest BCUT2D eigenvalue weighted by Crippen LogP contribution is -2.34. The van der Waals surface area contributed by atoms with Crippen LogP contribution in [0.2, 0.25) is 0 Å². The van der Waals surface area contributed by atoms with Crippen LogP contribution in [0.3, 0.4) is 0 Å². The molecule has 0 aliphatic rings. The molecule has 24 heteroatoms. The zero-order valence-corrected chi connectivity index (χ0v) is 29.4. The van der Waals surface area contributed by atoms with Crippen LogP contribution in [-0.2, 0) is 0 Å². The van der Waals surface area contributed by atoms with Gasteiger partial charge in [0.25, 0.3) is 0 Å². The Morgan fingerprint density at radius 1 is 0.306 bits per heavy atom. The highest BCUT2D eigenvalue weighted by Gasteiger charge is 2.49. The zero-order chi connectivity index (χ0) is 29.1. The number of hydrogen-bond donors (Lipinski definition) is 0. The Bertz CT molecular complexity index is 386. The first-order chi connectivity index (χ1) is 13.4. The van der Waals surface area contributed by atoms with Crippen molar-refractivity contribution in [2.45, 2.75) is 77.8 Å². The van der Waals surface area contributed by atoms with E-state index < -0.39 is 36.9 Å². The van der Waals surface area contributed by atoms with Crippen molar-refractivity contribution in [1.82, 2.24) is 0 Å². The Labute approximate surface area is 214 Å². The summed E-state index contributed by atoms with van der Waals surface area (Å²) in [6.45, 7) is 21.6. The molecule has 0 spiro atoms. The Hall–Kier alpha value is 0.860. The summed E-state index contributed by atoms with van der Waals surface area (Å²) >= 11 is 0. The van der Waals surface area contributed by atoms with Gasteiger partial charge in [0.15, 0.2) is 0 Å². The van der Waals surface area contributed by atoms with Gasteiger partial charge in [-0.05, 0) is 92.0 Å². The summed E-state index contributed by atoms with van der Waals surface area (Å²) < 4.78 is 156. The molecule has 0 aliphatic carbocycles. The Balaban J connectivity index is -0.0000000484. The largest absolute Gasteiger partial charge is 0.673 e. The Kier molecular flexibility index (Phi) is 32.8. The van der Waals surface area contributed by atoms with Gasteiger partial charge in [0.05, 0.1) is 15.5 Å². The van der Waals surface area contributed by atoms with Crippen molar-refractivity contribution in [2.24, 2.45) is 0 Å². The lowest BCUT2D eigenvalue weighted by molar-refractivity contribution is 0.366. The average molecular weight is 656 g/mol. The summed E-state index contributed by atoms with van der Waals surface area (Å²) in [6.07, 6.45) is 0. The molecule has 0 aromatic carbocycles. The van der Waals surface area contributed by atoms with E-state index in [4.69, 9.17) is 0 Å². The fourth-order valence-corrected chi connectivity index (χ4v) is 10.1. The molecule has 0 heterocycles. The molecular weight excluding hydrogens is 615 g/mol. The van der Waals surface area contributed by atoms with E-state index in [1.54, 1.807) is 0 Å². The van der Waals surface area contributed by atoms with E-state index in [2.05, 4.69) is 62.3 Å². The fourth-order valence-electron chi connectivity index (χ4n) is 3.38. The zero-order valence-electron chi connectivity index (χ0n) is 22.4. The molecule has 232 valence electrons. The van der Waals surface area contributed by atoms with Gasteiger partial charge in [-0.2, -0.15) is 0 Å². The van der Waals surface area contributed by atoms with Crippen LogP contribution in [0, 0.1) is 0 Å². The summed E-state index contributed by atoms with van der Waals surface area (Å²) in [6, 6.07) is 0.